The summed E-state index contributed by atoms with van der Waals surface area (Å²) in [5.74, 6) is -0.426. The molecule has 1 aromatic rings. The van der Waals surface area contributed by atoms with Crippen LogP contribution < -0.4 is 11.0 Å². The maximum Gasteiger partial charge on any atom is 0.323 e. The Labute approximate surface area is 133 Å². The van der Waals surface area contributed by atoms with Crippen LogP contribution in [0.5, 0.6) is 0 Å². The highest BCUT2D eigenvalue weighted by Crippen LogP contribution is 2.35. The molecule has 4 N–H and O–H groups in total. The molecule has 23 heavy (non-hydrogen) atoms. The van der Waals surface area contributed by atoms with Crippen LogP contribution in [0.15, 0.2) is 11.0 Å². The third-order valence-electron chi connectivity index (χ3n) is 4.69. The molecule has 0 unspecified atom stereocenters. The molecule has 1 saturated carbocycles. The van der Waals surface area contributed by atoms with Gasteiger partial charge in [-0.25, -0.2) is 4.79 Å². The summed E-state index contributed by atoms with van der Waals surface area (Å²) < 4.78 is 0. The molecule has 2 heterocycles. The molecule has 1 saturated heterocycles. The SMILES string of the molecule is O=C(O)C[C@H]1CC[C@@H](CNC(=O)c2c[nH]c(=O)[nH]2)N1CC1CC1. The fourth-order valence-corrected chi connectivity index (χ4v) is 3.31. The van der Waals surface area contributed by atoms with Gasteiger partial charge in [-0.3, -0.25) is 14.5 Å². The van der Waals surface area contributed by atoms with Gasteiger partial charge in [0.25, 0.3) is 5.91 Å². The van der Waals surface area contributed by atoms with E-state index in [-0.39, 0.29) is 30.1 Å². The van der Waals surface area contributed by atoms with E-state index in [4.69, 9.17) is 5.11 Å². The van der Waals surface area contributed by atoms with Crippen molar-refractivity contribution in [3.05, 3.63) is 22.4 Å². The van der Waals surface area contributed by atoms with Crippen molar-refractivity contribution in [2.45, 2.75) is 44.2 Å². The van der Waals surface area contributed by atoms with Gasteiger partial charge in [0.05, 0.1) is 6.42 Å². The van der Waals surface area contributed by atoms with Crippen LogP contribution in [0.3, 0.4) is 0 Å². The molecule has 1 aliphatic heterocycles. The first-order valence-electron chi connectivity index (χ1n) is 8.06. The van der Waals surface area contributed by atoms with Gasteiger partial charge in [-0.15, -0.1) is 0 Å². The first-order chi connectivity index (χ1) is 11.0. The van der Waals surface area contributed by atoms with E-state index >= 15 is 0 Å². The molecule has 1 amide bonds. The monoisotopic (exact) mass is 322 g/mol. The summed E-state index contributed by atoms with van der Waals surface area (Å²) in [6.07, 6.45) is 5.65. The number of hydrogen-bond acceptors (Lipinski definition) is 4. The summed E-state index contributed by atoms with van der Waals surface area (Å²) in [7, 11) is 0. The number of aliphatic carboxylic acids is 1. The summed E-state index contributed by atoms with van der Waals surface area (Å²) in [6, 6.07) is 0.219. The molecule has 1 aliphatic carbocycles. The van der Waals surface area contributed by atoms with Crippen LogP contribution in [0, 0.1) is 5.92 Å². The number of imidazole rings is 1. The Balaban J connectivity index is 1.57. The van der Waals surface area contributed by atoms with Crippen LogP contribution in [-0.4, -0.2) is 57.0 Å². The largest absolute Gasteiger partial charge is 0.481 e. The van der Waals surface area contributed by atoms with Crippen LogP contribution in [0.1, 0.15) is 42.6 Å². The molecular formula is C15H22N4O4. The van der Waals surface area contributed by atoms with Gasteiger partial charge in [-0.1, -0.05) is 0 Å². The van der Waals surface area contributed by atoms with E-state index in [2.05, 4.69) is 20.2 Å². The first kappa shape index (κ1) is 15.8. The van der Waals surface area contributed by atoms with Crippen molar-refractivity contribution in [3.8, 4) is 0 Å². The summed E-state index contributed by atoms with van der Waals surface area (Å²) in [6.45, 7) is 1.38. The molecule has 2 aliphatic rings. The van der Waals surface area contributed by atoms with E-state index in [9.17, 15) is 14.4 Å². The molecule has 2 atom stereocenters. The molecule has 1 aromatic heterocycles. The van der Waals surface area contributed by atoms with Crippen LogP contribution >= 0.6 is 0 Å². The van der Waals surface area contributed by atoms with E-state index in [0.29, 0.717) is 12.5 Å². The van der Waals surface area contributed by atoms with Gasteiger partial charge in [0.2, 0.25) is 0 Å². The van der Waals surface area contributed by atoms with Gasteiger partial charge in [-0.2, -0.15) is 0 Å². The predicted molar refractivity (Wildman–Crippen MR) is 82.2 cm³/mol. The van der Waals surface area contributed by atoms with Crippen molar-refractivity contribution in [2.75, 3.05) is 13.1 Å². The predicted octanol–water partition coefficient (Wildman–Crippen LogP) is 0.151. The number of carboxylic acid groups (broad SMARTS) is 1. The number of H-pyrrole nitrogens is 2. The van der Waals surface area contributed by atoms with Crippen molar-refractivity contribution >= 4 is 11.9 Å². The number of amides is 1. The molecule has 8 nitrogen and oxygen atoms in total. The maximum atomic E-state index is 12.0. The van der Waals surface area contributed by atoms with E-state index in [1.54, 1.807) is 0 Å². The smallest absolute Gasteiger partial charge is 0.323 e. The van der Waals surface area contributed by atoms with Gasteiger partial charge in [0, 0.05) is 31.4 Å². The molecule has 3 rings (SSSR count). The zero-order valence-corrected chi connectivity index (χ0v) is 12.9. The second-order valence-corrected chi connectivity index (χ2v) is 6.49. The number of likely N-dealkylation sites (tertiary alicyclic amines) is 1. The molecule has 8 heteroatoms. The third kappa shape index (κ3) is 4.01. The molecule has 0 radical (unpaired) electrons. The molecule has 0 bridgehead atoms. The van der Waals surface area contributed by atoms with Crippen molar-refractivity contribution in [3.63, 3.8) is 0 Å². The molecule has 126 valence electrons. The van der Waals surface area contributed by atoms with Gasteiger partial charge >= 0.3 is 11.7 Å². The summed E-state index contributed by atoms with van der Waals surface area (Å²) >= 11 is 0. The van der Waals surface area contributed by atoms with E-state index < -0.39 is 11.7 Å². The number of aromatic nitrogens is 2. The summed E-state index contributed by atoms with van der Waals surface area (Å²) in [4.78, 5) is 41.1. The molecular weight excluding hydrogens is 300 g/mol. The fraction of sp³-hybridized carbons (Fsp3) is 0.667. The first-order valence-corrected chi connectivity index (χ1v) is 8.06. The Morgan fingerprint density at radius 2 is 2.00 bits per heavy atom. The van der Waals surface area contributed by atoms with Gasteiger partial charge in [-0.05, 0) is 31.6 Å². The normalized spacial score (nSPS) is 24.7. The standard InChI is InChI=1S/C15H22N4O4/c20-13(21)5-10-3-4-11(19(10)8-9-1-2-9)6-16-14(22)12-7-17-15(23)18-12/h7,9-11H,1-6,8H2,(H,16,22)(H,20,21)(H2,17,18,23)/t10-,11+/m1/s1. The topological polar surface area (TPSA) is 118 Å². The molecule has 2 fully saturated rings. The zero-order valence-electron chi connectivity index (χ0n) is 12.9. The van der Waals surface area contributed by atoms with E-state index in [1.165, 1.54) is 19.0 Å². The lowest BCUT2D eigenvalue weighted by molar-refractivity contribution is -0.138. The Bertz CT molecular complexity index is 633. The number of carbonyl (C=O) groups excluding carboxylic acids is 1. The number of aromatic amines is 2. The van der Waals surface area contributed by atoms with E-state index in [1.807, 2.05) is 0 Å². The van der Waals surface area contributed by atoms with Gasteiger partial charge in [0.15, 0.2) is 0 Å². The summed E-state index contributed by atoms with van der Waals surface area (Å²) in [5.41, 5.74) is -0.197. The van der Waals surface area contributed by atoms with Crippen LogP contribution in [0.4, 0.5) is 0 Å². The van der Waals surface area contributed by atoms with Crippen LogP contribution in [0.2, 0.25) is 0 Å². The minimum absolute atomic E-state index is 0.0575. The Morgan fingerprint density at radius 1 is 1.26 bits per heavy atom. The van der Waals surface area contributed by atoms with Crippen molar-refractivity contribution in [1.29, 1.82) is 0 Å². The zero-order chi connectivity index (χ0) is 16.4. The minimum atomic E-state index is -0.773. The van der Waals surface area contributed by atoms with Gasteiger partial charge in [0.1, 0.15) is 5.69 Å². The maximum absolute atomic E-state index is 12.0. The second-order valence-electron chi connectivity index (χ2n) is 6.49. The minimum Gasteiger partial charge on any atom is -0.481 e. The fourth-order valence-electron chi connectivity index (χ4n) is 3.31. The van der Waals surface area contributed by atoms with Crippen LogP contribution in [-0.2, 0) is 4.79 Å². The Morgan fingerprint density at radius 3 is 2.61 bits per heavy atom. The third-order valence-corrected chi connectivity index (χ3v) is 4.69. The lowest BCUT2D eigenvalue weighted by atomic mass is 10.1. The van der Waals surface area contributed by atoms with Crippen molar-refractivity contribution in [2.24, 2.45) is 5.92 Å². The quantitative estimate of drug-likeness (QED) is 0.570. The van der Waals surface area contributed by atoms with E-state index in [0.717, 1.165) is 19.4 Å². The average molecular weight is 322 g/mol. The lowest BCUT2D eigenvalue weighted by Crippen LogP contribution is -2.44. The second kappa shape index (κ2) is 6.57. The highest BCUT2D eigenvalue weighted by molar-refractivity contribution is 5.91. The van der Waals surface area contributed by atoms with Gasteiger partial charge < -0.3 is 20.4 Å². The van der Waals surface area contributed by atoms with Crippen LogP contribution in [0.25, 0.3) is 0 Å². The lowest BCUT2D eigenvalue weighted by Gasteiger charge is -2.29. The highest BCUT2D eigenvalue weighted by Gasteiger charge is 2.38. The average Bonchev–Trinajstić information content (AvgIpc) is 3.10. The number of rotatable bonds is 7. The van der Waals surface area contributed by atoms with Crippen molar-refractivity contribution < 1.29 is 14.7 Å². The number of nitrogens with one attached hydrogen (secondary N) is 3. The highest BCUT2D eigenvalue weighted by atomic mass is 16.4. The number of nitrogens with zero attached hydrogens (tertiary/aromatic N) is 1. The van der Waals surface area contributed by atoms with Crippen molar-refractivity contribution in [1.82, 2.24) is 20.2 Å². The molecule has 0 aromatic carbocycles. The Kier molecular flexibility index (Phi) is 4.51. The number of carboxylic acids is 1. The Hall–Kier alpha value is -2.09. The number of carbonyl (C=O) groups is 2. The summed E-state index contributed by atoms with van der Waals surface area (Å²) in [5, 5.41) is 11.9. The number of hydrogen-bond donors (Lipinski definition) is 4. The molecule has 0 spiro atoms.